The standard InChI is InChI=1S/C53H36N2S/c1-53(2)45-23-13-11-21-41(45)42-26-25-36(31-46(42)53)47-32-48(55-52(54-47)34-17-7-4-8-18-34)39-28-37(33-15-5-3-6-16-33)27-38(29-39)44-30-35-19-9-10-20-40(35)51-50(44)43-22-12-14-24-49(43)56-51/h3-32H,1-2H3. The minimum absolute atomic E-state index is 0.115. The Labute approximate surface area is 330 Å². The van der Waals surface area contributed by atoms with Gasteiger partial charge in [-0.15, -0.1) is 11.3 Å². The molecule has 0 atom stereocenters. The van der Waals surface area contributed by atoms with Gasteiger partial charge in [-0.05, 0) is 97.7 Å². The molecular weight excluding hydrogens is 697 g/mol. The zero-order chi connectivity index (χ0) is 37.4. The Morgan fingerprint density at radius 3 is 1.86 bits per heavy atom. The summed E-state index contributed by atoms with van der Waals surface area (Å²) >= 11 is 1.88. The summed E-state index contributed by atoms with van der Waals surface area (Å²) in [7, 11) is 0. The molecule has 0 saturated heterocycles. The van der Waals surface area contributed by atoms with E-state index in [1.807, 2.05) is 17.4 Å². The lowest BCUT2D eigenvalue weighted by Gasteiger charge is -2.22. The van der Waals surface area contributed by atoms with E-state index in [9.17, 15) is 0 Å². The molecule has 0 spiro atoms. The molecule has 0 aliphatic heterocycles. The van der Waals surface area contributed by atoms with Crippen LogP contribution in [0.5, 0.6) is 0 Å². The van der Waals surface area contributed by atoms with Gasteiger partial charge in [-0.3, -0.25) is 0 Å². The van der Waals surface area contributed by atoms with Gasteiger partial charge >= 0.3 is 0 Å². The van der Waals surface area contributed by atoms with Gasteiger partial charge in [0.25, 0.3) is 0 Å². The predicted octanol–water partition coefficient (Wildman–Crippen LogP) is 14.6. The molecule has 0 radical (unpaired) electrons. The molecule has 0 N–H and O–H groups in total. The Morgan fingerprint density at radius 1 is 0.411 bits per heavy atom. The second-order valence-electron chi connectivity index (χ2n) is 15.4. The fraction of sp³-hybridized carbons (Fsp3) is 0.0566. The van der Waals surface area contributed by atoms with E-state index in [0.717, 1.165) is 33.6 Å². The maximum atomic E-state index is 5.35. The molecule has 0 unspecified atom stereocenters. The summed E-state index contributed by atoms with van der Waals surface area (Å²) in [5.41, 5.74) is 14.8. The van der Waals surface area contributed by atoms with E-state index in [2.05, 4.69) is 190 Å². The van der Waals surface area contributed by atoms with Crippen molar-refractivity contribution in [2.45, 2.75) is 19.3 Å². The first-order valence-electron chi connectivity index (χ1n) is 19.2. The molecule has 1 aliphatic carbocycles. The first-order valence-corrected chi connectivity index (χ1v) is 20.0. The van der Waals surface area contributed by atoms with E-state index in [1.54, 1.807) is 0 Å². The maximum Gasteiger partial charge on any atom is 0.160 e. The smallest absolute Gasteiger partial charge is 0.160 e. The lowest BCUT2D eigenvalue weighted by molar-refractivity contribution is 0.660. The van der Waals surface area contributed by atoms with E-state index < -0.39 is 0 Å². The zero-order valence-corrected chi connectivity index (χ0v) is 31.9. The topological polar surface area (TPSA) is 25.8 Å². The quantitative estimate of drug-likeness (QED) is 0.176. The van der Waals surface area contributed by atoms with Crippen molar-refractivity contribution in [1.82, 2.24) is 9.97 Å². The monoisotopic (exact) mass is 732 g/mol. The van der Waals surface area contributed by atoms with Crippen molar-refractivity contribution in [3.05, 3.63) is 193 Å². The summed E-state index contributed by atoms with van der Waals surface area (Å²) in [4.78, 5) is 10.6. The van der Waals surface area contributed by atoms with Gasteiger partial charge in [0.05, 0.1) is 11.4 Å². The third-order valence-corrected chi connectivity index (χ3v) is 12.9. The lowest BCUT2D eigenvalue weighted by Crippen LogP contribution is -2.14. The summed E-state index contributed by atoms with van der Waals surface area (Å²) in [5.74, 6) is 0.713. The molecule has 2 nitrogen and oxygen atoms in total. The fourth-order valence-electron chi connectivity index (χ4n) is 8.84. The highest BCUT2D eigenvalue weighted by atomic mass is 32.1. The molecule has 1 aliphatic rings. The molecule has 2 heterocycles. The molecule has 0 amide bonds. The van der Waals surface area contributed by atoms with Crippen LogP contribution in [0.2, 0.25) is 0 Å². The molecule has 11 rings (SSSR count). The van der Waals surface area contributed by atoms with E-state index in [1.165, 1.54) is 69.9 Å². The third kappa shape index (κ3) is 5.23. The number of fused-ring (bicyclic) bond motifs is 8. The van der Waals surface area contributed by atoms with E-state index in [0.29, 0.717) is 5.82 Å². The normalized spacial score (nSPS) is 13.0. The number of benzene rings is 8. The number of nitrogens with zero attached hydrogens (tertiary/aromatic N) is 2. The highest BCUT2D eigenvalue weighted by Crippen LogP contribution is 2.50. The van der Waals surface area contributed by atoms with Crippen molar-refractivity contribution in [1.29, 1.82) is 0 Å². The Morgan fingerprint density at radius 2 is 1.04 bits per heavy atom. The summed E-state index contributed by atoms with van der Waals surface area (Å²) in [6.45, 7) is 4.67. The molecule has 2 aromatic heterocycles. The molecule has 0 bridgehead atoms. The highest BCUT2D eigenvalue weighted by molar-refractivity contribution is 7.26. The Kier molecular flexibility index (Phi) is 7.42. The van der Waals surface area contributed by atoms with Gasteiger partial charge < -0.3 is 0 Å². The minimum Gasteiger partial charge on any atom is -0.228 e. The van der Waals surface area contributed by atoms with Crippen molar-refractivity contribution in [3.63, 3.8) is 0 Å². The molecule has 56 heavy (non-hydrogen) atoms. The van der Waals surface area contributed by atoms with Crippen LogP contribution in [0, 0.1) is 0 Å². The molecule has 264 valence electrons. The van der Waals surface area contributed by atoms with Crippen LogP contribution in [-0.2, 0) is 5.41 Å². The van der Waals surface area contributed by atoms with Crippen LogP contribution in [0.4, 0.5) is 0 Å². The average molecular weight is 733 g/mol. The van der Waals surface area contributed by atoms with Gasteiger partial charge in [-0.1, -0.05) is 153 Å². The number of thiophene rings is 1. The molecule has 0 saturated carbocycles. The van der Waals surface area contributed by atoms with Gasteiger partial charge in [0.2, 0.25) is 0 Å². The van der Waals surface area contributed by atoms with Gasteiger partial charge in [-0.25, -0.2) is 9.97 Å². The summed E-state index contributed by atoms with van der Waals surface area (Å²) in [6, 6.07) is 65.9. The molecule has 10 aromatic rings. The van der Waals surface area contributed by atoms with Gasteiger partial charge in [0.15, 0.2) is 5.82 Å². The van der Waals surface area contributed by atoms with Crippen LogP contribution >= 0.6 is 11.3 Å². The van der Waals surface area contributed by atoms with Gasteiger partial charge in [-0.2, -0.15) is 0 Å². The van der Waals surface area contributed by atoms with Gasteiger partial charge in [0, 0.05) is 42.3 Å². The van der Waals surface area contributed by atoms with Crippen LogP contribution in [0.1, 0.15) is 25.0 Å². The van der Waals surface area contributed by atoms with E-state index >= 15 is 0 Å². The van der Waals surface area contributed by atoms with Crippen molar-refractivity contribution in [2.75, 3.05) is 0 Å². The molecule has 8 aromatic carbocycles. The summed E-state index contributed by atoms with van der Waals surface area (Å²) < 4.78 is 2.62. The lowest BCUT2D eigenvalue weighted by atomic mass is 9.82. The Balaban J connectivity index is 1.16. The SMILES string of the molecule is CC1(C)c2ccccc2-c2ccc(-c3cc(-c4cc(-c5ccccc5)cc(-c5cc6ccccc6c6sc7ccccc7c56)c4)nc(-c4ccccc4)n3)cc21. The van der Waals surface area contributed by atoms with Crippen LogP contribution in [0.25, 0.3) is 98.2 Å². The van der Waals surface area contributed by atoms with Gasteiger partial charge in [0.1, 0.15) is 0 Å². The summed E-state index contributed by atoms with van der Waals surface area (Å²) in [5, 5.41) is 5.12. The molecule has 0 fully saturated rings. The Hall–Kier alpha value is -6.68. The van der Waals surface area contributed by atoms with Crippen LogP contribution in [0.15, 0.2) is 182 Å². The Bertz CT molecular complexity index is 3160. The maximum absolute atomic E-state index is 5.35. The fourth-order valence-corrected chi connectivity index (χ4v) is 10.1. The largest absolute Gasteiger partial charge is 0.228 e. The second-order valence-corrected chi connectivity index (χ2v) is 16.4. The number of aromatic nitrogens is 2. The first-order chi connectivity index (χ1) is 27.5. The van der Waals surface area contributed by atoms with Crippen molar-refractivity contribution < 1.29 is 0 Å². The van der Waals surface area contributed by atoms with Crippen LogP contribution < -0.4 is 0 Å². The molecule has 3 heteroatoms. The number of rotatable bonds is 5. The third-order valence-electron chi connectivity index (χ3n) is 11.7. The number of hydrogen-bond acceptors (Lipinski definition) is 3. The highest BCUT2D eigenvalue weighted by Gasteiger charge is 2.35. The first kappa shape index (κ1) is 32.7. The minimum atomic E-state index is -0.115. The van der Waals surface area contributed by atoms with E-state index in [4.69, 9.17) is 9.97 Å². The second kappa shape index (κ2) is 12.7. The van der Waals surface area contributed by atoms with Crippen LogP contribution in [0.3, 0.4) is 0 Å². The van der Waals surface area contributed by atoms with E-state index in [-0.39, 0.29) is 5.41 Å². The zero-order valence-electron chi connectivity index (χ0n) is 31.1. The summed E-state index contributed by atoms with van der Waals surface area (Å²) in [6.07, 6.45) is 0. The molecular formula is C53H36N2S. The van der Waals surface area contributed by atoms with Crippen LogP contribution in [-0.4, -0.2) is 9.97 Å². The van der Waals surface area contributed by atoms with Crippen molar-refractivity contribution in [3.8, 4) is 67.3 Å². The van der Waals surface area contributed by atoms with Crippen molar-refractivity contribution in [2.24, 2.45) is 0 Å². The van der Waals surface area contributed by atoms with Crippen molar-refractivity contribution >= 4 is 42.3 Å². The average Bonchev–Trinajstić information content (AvgIpc) is 3.76. The number of hydrogen-bond donors (Lipinski definition) is 0. The predicted molar refractivity (Wildman–Crippen MR) is 237 cm³/mol.